The van der Waals surface area contributed by atoms with Gasteiger partial charge in [-0.3, -0.25) is 14.1 Å². The van der Waals surface area contributed by atoms with E-state index < -0.39 is 32.5 Å². The van der Waals surface area contributed by atoms with E-state index in [2.05, 4.69) is 30.5 Å². The molecule has 0 aromatic carbocycles. The molecule has 9 heteroatoms. The molecule has 0 radical (unpaired) electrons. The first kappa shape index (κ1) is 43.8. The van der Waals surface area contributed by atoms with Crippen LogP contribution in [-0.2, 0) is 28.2 Å². The summed E-state index contributed by atoms with van der Waals surface area (Å²) in [7, 11) is -4.74. The van der Waals surface area contributed by atoms with Gasteiger partial charge in [-0.1, -0.05) is 148 Å². The third kappa shape index (κ3) is 35.5. The molecule has 0 rings (SSSR count). The zero-order valence-electron chi connectivity index (χ0n) is 29.0. The zero-order valence-corrected chi connectivity index (χ0v) is 29.9. The second-order valence-electron chi connectivity index (χ2n) is 12.6. The normalized spacial score (nSPS) is 12.5. The largest absolute Gasteiger partial charge is 0.469 e. The Bertz CT molecular complexity index is 751. The molecule has 0 aliphatic heterocycles. The highest BCUT2D eigenvalue weighted by molar-refractivity contribution is 7.46. The van der Waals surface area contributed by atoms with Gasteiger partial charge >= 0.3 is 19.8 Å². The first-order valence-electron chi connectivity index (χ1n) is 18.5. The van der Waals surface area contributed by atoms with Gasteiger partial charge in [0, 0.05) is 12.8 Å². The highest BCUT2D eigenvalue weighted by atomic mass is 31.2. The lowest BCUT2D eigenvalue weighted by Gasteiger charge is -2.18. The molecule has 0 spiro atoms. The second-order valence-corrected chi connectivity index (χ2v) is 13.8. The summed E-state index contributed by atoms with van der Waals surface area (Å²) in [5, 5.41) is 0. The van der Waals surface area contributed by atoms with Crippen molar-refractivity contribution in [3.05, 3.63) is 12.2 Å². The summed E-state index contributed by atoms with van der Waals surface area (Å²) in [6.45, 7) is 3.66. The number of hydrogen-bond donors (Lipinski definition) is 2. The zero-order chi connectivity index (χ0) is 33.3. The van der Waals surface area contributed by atoms with Crippen molar-refractivity contribution in [3.63, 3.8) is 0 Å². The Morgan fingerprint density at radius 2 is 0.933 bits per heavy atom. The van der Waals surface area contributed by atoms with Crippen LogP contribution < -0.4 is 0 Å². The molecule has 0 aromatic heterocycles. The van der Waals surface area contributed by atoms with Crippen molar-refractivity contribution in [3.8, 4) is 0 Å². The molecular weight excluding hydrogens is 591 g/mol. The van der Waals surface area contributed by atoms with Crippen molar-refractivity contribution in [2.45, 2.75) is 193 Å². The molecule has 1 atom stereocenters. The lowest BCUT2D eigenvalue weighted by Crippen LogP contribution is -2.29. The molecule has 0 aliphatic rings. The minimum Gasteiger partial charge on any atom is -0.462 e. The molecule has 2 N–H and O–H groups in total. The van der Waals surface area contributed by atoms with Crippen molar-refractivity contribution in [1.82, 2.24) is 0 Å². The summed E-state index contributed by atoms with van der Waals surface area (Å²) in [5.41, 5.74) is 0. The summed E-state index contributed by atoms with van der Waals surface area (Å²) in [5.74, 6) is -0.889. The summed E-state index contributed by atoms with van der Waals surface area (Å²) in [6, 6.07) is 0. The van der Waals surface area contributed by atoms with E-state index in [1.54, 1.807) is 0 Å². The van der Waals surface area contributed by atoms with E-state index in [9.17, 15) is 14.2 Å². The van der Waals surface area contributed by atoms with Gasteiger partial charge in [-0.15, -0.1) is 0 Å². The Kier molecular flexibility index (Phi) is 31.8. The van der Waals surface area contributed by atoms with Gasteiger partial charge in [-0.05, 0) is 38.5 Å². The van der Waals surface area contributed by atoms with Crippen LogP contribution in [0.2, 0.25) is 0 Å². The number of allylic oxidation sites excluding steroid dienone is 2. The number of phosphoric ester groups is 1. The van der Waals surface area contributed by atoms with Gasteiger partial charge in [0.15, 0.2) is 6.10 Å². The minimum absolute atomic E-state index is 0.206. The fourth-order valence-corrected chi connectivity index (χ4v) is 5.61. The topological polar surface area (TPSA) is 119 Å². The molecule has 0 aliphatic carbocycles. The van der Waals surface area contributed by atoms with E-state index >= 15 is 0 Å². The third-order valence-electron chi connectivity index (χ3n) is 8.03. The van der Waals surface area contributed by atoms with Gasteiger partial charge in [-0.2, -0.15) is 0 Å². The fraction of sp³-hybridized carbons (Fsp3) is 0.889. The van der Waals surface area contributed by atoms with Gasteiger partial charge in [-0.25, -0.2) is 4.57 Å². The molecule has 0 saturated heterocycles. The molecular formula is C36H69O8P. The van der Waals surface area contributed by atoms with Crippen LogP contribution in [0.5, 0.6) is 0 Å². The Morgan fingerprint density at radius 1 is 0.556 bits per heavy atom. The molecule has 0 heterocycles. The Hall–Kier alpha value is -1.21. The quantitative estimate of drug-likeness (QED) is 0.0303. The second kappa shape index (κ2) is 32.7. The summed E-state index contributed by atoms with van der Waals surface area (Å²) in [6.07, 6.45) is 33.6. The molecule has 0 aromatic rings. The van der Waals surface area contributed by atoms with Crippen molar-refractivity contribution in [1.29, 1.82) is 0 Å². The lowest BCUT2D eigenvalue weighted by atomic mass is 10.1. The van der Waals surface area contributed by atoms with Gasteiger partial charge in [0.25, 0.3) is 0 Å². The number of carbonyl (C=O) groups excluding carboxylic acids is 2. The lowest BCUT2D eigenvalue weighted by molar-refractivity contribution is -0.161. The number of rotatable bonds is 34. The van der Waals surface area contributed by atoms with E-state index in [4.69, 9.17) is 19.3 Å². The number of carbonyl (C=O) groups is 2. The van der Waals surface area contributed by atoms with Crippen LogP contribution in [0.1, 0.15) is 187 Å². The average molecular weight is 661 g/mol. The number of unbranched alkanes of at least 4 members (excludes halogenated alkanes) is 22. The predicted octanol–water partition coefficient (Wildman–Crippen LogP) is 10.7. The van der Waals surface area contributed by atoms with Crippen LogP contribution >= 0.6 is 7.82 Å². The fourth-order valence-electron chi connectivity index (χ4n) is 5.25. The van der Waals surface area contributed by atoms with E-state index in [1.807, 2.05) is 0 Å². The minimum atomic E-state index is -4.74. The molecule has 266 valence electrons. The van der Waals surface area contributed by atoms with Crippen LogP contribution in [0.4, 0.5) is 0 Å². The first-order chi connectivity index (χ1) is 21.8. The number of esters is 2. The van der Waals surface area contributed by atoms with Crippen LogP contribution in [0.25, 0.3) is 0 Å². The maximum atomic E-state index is 12.3. The number of ether oxygens (including phenoxy) is 2. The van der Waals surface area contributed by atoms with Crippen molar-refractivity contribution >= 4 is 19.8 Å². The molecule has 8 nitrogen and oxygen atoms in total. The van der Waals surface area contributed by atoms with Crippen molar-refractivity contribution in [2.24, 2.45) is 0 Å². The summed E-state index contributed by atoms with van der Waals surface area (Å²) < 4.78 is 26.3. The average Bonchev–Trinajstić information content (AvgIpc) is 3.00. The standard InChI is InChI=1S/C36H69O8P/c1-3-5-7-9-11-13-15-16-17-18-19-21-23-25-27-29-31-36(38)44-34(33-43-45(39,40)41)32-42-35(37)30-28-26-24-22-20-14-12-10-8-6-4-2/h17-18,34H,3-16,19-33H2,1-2H3,(H2,39,40,41)/b18-17-/t34-/m1/s1. The highest BCUT2D eigenvalue weighted by Crippen LogP contribution is 2.36. The van der Waals surface area contributed by atoms with Gasteiger partial charge in [0.05, 0.1) is 6.61 Å². The van der Waals surface area contributed by atoms with Crippen molar-refractivity contribution in [2.75, 3.05) is 13.2 Å². The van der Waals surface area contributed by atoms with Crippen LogP contribution in [0.15, 0.2) is 12.2 Å². The molecule has 0 unspecified atom stereocenters. The molecule has 0 amide bonds. The van der Waals surface area contributed by atoms with E-state index in [-0.39, 0.29) is 19.4 Å². The van der Waals surface area contributed by atoms with Gasteiger partial charge < -0.3 is 19.3 Å². The molecule has 0 fully saturated rings. The third-order valence-corrected chi connectivity index (χ3v) is 8.52. The van der Waals surface area contributed by atoms with Crippen LogP contribution in [-0.4, -0.2) is 41.0 Å². The monoisotopic (exact) mass is 660 g/mol. The molecule has 0 saturated carbocycles. The number of hydrogen-bond acceptors (Lipinski definition) is 6. The Labute approximate surface area is 276 Å². The Morgan fingerprint density at radius 3 is 1.36 bits per heavy atom. The van der Waals surface area contributed by atoms with Crippen LogP contribution in [0, 0.1) is 0 Å². The number of phosphoric acid groups is 1. The highest BCUT2D eigenvalue weighted by Gasteiger charge is 2.22. The van der Waals surface area contributed by atoms with Gasteiger partial charge in [0.2, 0.25) is 0 Å². The molecule has 45 heavy (non-hydrogen) atoms. The maximum Gasteiger partial charge on any atom is 0.469 e. The van der Waals surface area contributed by atoms with Crippen molar-refractivity contribution < 1.29 is 37.9 Å². The molecule has 0 bridgehead atoms. The SMILES string of the molecule is CCCCCCCCC/C=C\CCCCCCCC(=O)O[C@H](COC(=O)CCCCCCCCCCCCC)COP(=O)(O)O. The first-order valence-corrected chi connectivity index (χ1v) is 20.0. The van der Waals surface area contributed by atoms with E-state index in [0.717, 1.165) is 51.4 Å². The summed E-state index contributed by atoms with van der Waals surface area (Å²) in [4.78, 5) is 42.6. The smallest absolute Gasteiger partial charge is 0.462 e. The van der Waals surface area contributed by atoms with Gasteiger partial charge in [0.1, 0.15) is 6.61 Å². The van der Waals surface area contributed by atoms with E-state index in [0.29, 0.717) is 6.42 Å². The van der Waals surface area contributed by atoms with Crippen LogP contribution in [0.3, 0.4) is 0 Å². The van der Waals surface area contributed by atoms with E-state index in [1.165, 1.54) is 103 Å². The Balaban J connectivity index is 3.96. The predicted molar refractivity (Wildman–Crippen MR) is 184 cm³/mol. The summed E-state index contributed by atoms with van der Waals surface area (Å²) >= 11 is 0. The maximum absolute atomic E-state index is 12.3.